The van der Waals surface area contributed by atoms with E-state index in [1.54, 1.807) is 26.4 Å². The first-order valence-electron chi connectivity index (χ1n) is 9.15. The number of carbonyl (C=O) groups is 1. The average Bonchev–Trinajstić information content (AvgIpc) is 2.71. The van der Waals surface area contributed by atoms with Gasteiger partial charge in [0.2, 0.25) is 5.91 Å². The molecule has 158 valence electrons. The zero-order valence-corrected chi connectivity index (χ0v) is 19.5. The molecule has 0 aliphatic carbocycles. The minimum atomic E-state index is -0.0250. The van der Waals surface area contributed by atoms with Crippen LogP contribution in [0.5, 0.6) is 11.5 Å². The highest BCUT2D eigenvalue weighted by molar-refractivity contribution is 14.0. The molecule has 0 fully saturated rings. The predicted molar refractivity (Wildman–Crippen MR) is 128 cm³/mol. The summed E-state index contributed by atoms with van der Waals surface area (Å²) < 4.78 is 10.5. The minimum Gasteiger partial charge on any atom is -0.493 e. The number of benzene rings is 2. The summed E-state index contributed by atoms with van der Waals surface area (Å²) in [4.78, 5) is 16.4. The summed E-state index contributed by atoms with van der Waals surface area (Å²) in [5, 5.41) is 5.95. The molecule has 8 heteroatoms. The second kappa shape index (κ2) is 12.2. The molecule has 0 saturated heterocycles. The van der Waals surface area contributed by atoms with Gasteiger partial charge in [-0.3, -0.25) is 4.79 Å². The highest BCUT2D eigenvalue weighted by atomic mass is 127. The average molecular weight is 512 g/mol. The second-order valence-electron chi connectivity index (χ2n) is 6.40. The van der Waals surface area contributed by atoms with Gasteiger partial charge in [0.15, 0.2) is 17.5 Å². The number of hydrogen-bond donors (Lipinski definition) is 3. The van der Waals surface area contributed by atoms with Gasteiger partial charge in [-0.1, -0.05) is 26.0 Å². The van der Waals surface area contributed by atoms with Crippen LogP contribution in [-0.4, -0.2) is 26.1 Å². The Kier molecular flexibility index (Phi) is 10.3. The van der Waals surface area contributed by atoms with Gasteiger partial charge in [0.25, 0.3) is 0 Å². The molecule has 0 radical (unpaired) electrons. The summed E-state index contributed by atoms with van der Waals surface area (Å²) in [5.74, 6) is 1.51. The fourth-order valence-electron chi connectivity index (χ4n) is 2.48. The van der Waals surface area contributed by atoms with E-state index < -0.39 is 0 Å². The predicted octanol–water partition coefficient (Wildman–Crippen LogP) is 4.23. The number of rotatable bonds is 8. The Morgan fingerprint density at radius 3 is 2.41 bits per heavy atom. The van der Waals surface area contributed by atoms with E-state index in [2.05, 4.69) is 15.6 Å². The zero-order valence-electron chi connectivity index (χ0n) is 17.2. The molecule has 4 N–H and O–H groups in total. The number of carbonyl (C=O) groups excluding carboxylic acids is 1. The lowest BCUT2D eigenvalue weighted by Crippen LogP contribution is -2.22. The van der Waals surface area contributed by atoms with E-state index in [9.17, 15) is 4.79 Å². The summed E-state index contributed by atoms with van der Waals surface area (Å²) >= 11 is 0. The molecule has 7 nitrogen and oxygen atoms in total. The maximum Gasteiger partial charge on any atom is 0.227 e. The van der Waals surface area contributed by atoms with E-state index >= 15 is 0 Å². The van der Waals surface area contributed by atoms with Crippen molar-refractivity contribution in [2.75, 3.05) is 24.9 Å². The van der Waals surface area contributed by atoms with Crippen molar-refractivity contribution in [2.45, 2.75) is 26.8 Å². The lowest BCUT2D eigenvalue weighted by molar-refractivity contribution is -0.119. The van der Waals surface area contributed by atoms with Crippen molar-refractivity contribution in [1.82, 2.24) is 0 Å². The van der Waals surface area contributed by atoms with Crippen LogP contribution in [0.4, 0.5) is 11.4 Å². The first-order chi connectivity index (χ1) is 13.5. The molecule has 0 bridgehead atoms. The van der Waals surface area contributed by atoms with E-state index in [0.29, 0.717) is 18.0 Å². The number of nitrogens with zero attached hydrogens (tertiary/aromatic N) is 1. The molecule has 2 aromatic carbocycles. The van der Waals surface area contributed by atoms with Crippen LogP contribution in [0, 0.1) is 5.92 Å². The number of nitrogens with one attached hydrogen (secondary N) is 2. The smallest absolute Gasteiger partial charge is 0.227 e. The maximum absolute atomic E-state index is 12.0. The molecule has 0 heterocycles. The Balaban J connectivity index is 0.00000420. The fraction of sp³-hybridized carbons (Fsp3) is 0.333. The molecule has 2 aromatic rings. The number of amides is 1. The first-order valence-corrected chi connectivity index (χ1v) is 9.15. The summed E-state index contributed by atoms with van der Waals surface area (Å²) in [6.45, 7) is 4.28. The highest BCUT2D eigenvalue weighted by Crippen LogP contribution is 2.29. The quantitative estimate of drug-likeness (QED) is 0.280. The van der Waals surface area contributed by atoms with E-state index in [-0.39, 0.29) is 41.8 Å². The number of aliphatic imine (C=N–C) groups is 1. The Bertz CT molecular complexity index is 842. The van der Waals surface area contributed by atoms with Gasteiger partial charge in [0.05, 0.1) is 20.8 Å². The maximum atomic E-state index is 12.0. The summed E-state index contributed by atoms with van der Waals surface area (Å²) in [5.41, 5.74) is 8.43. The summed E-state index contributed by atoms with van der Waals surface area (Å²) in [7, 11) is 3.16. The largest absolute Gasteiger partial charge is 0.493 e. The van der Waals surface area contributed by atoms with Crippen LogP contribution in [0.2, 0.25) is 0 Å². The van der Waals surface area contributed by atoms with Crippen molar-refractivity contribution in [1.29, 1.82) is 0 Å². The van der Waals surface area contributed by atoms with Crippen LogP contribution in [0.15, 0.2) is 47.5 Å². The minimum absolute atomic E-state index is 0. The van der Waals surface area contributed by atoms with Crippen LogP contribution in [0.25, 0.3) is 0 Å². The summed E-state index contributed by atoms with van der Waals surface area (Å²) in [6, 6.07) is 13.0. The van der Waals surface area contributed by atoms with Crippen molar-refractivity contribution in [2.24, 2.45) is 16.6 Å². The Morgan fingerprint density at radius 2 is 1.76 bits per heavy atom. The van der Waals surface area contributed by atoms with Gasteiger partial charge in [-0.05, 0) is 36.2 Å². The van der Waals surface area contributed by atoms with E-state index in [0.717, 1.165) is 23.4 Å². The van der Waals surface area contributed by atoms with Gasteiger partial charge in [-0.25, -0.2) is 4.99 Å². The van der Waals surface area contributed by atoms with E-state index in [1.165, 1.54) is 0 Å². The number of hydrogen-bond acceptors (Lipinski definition) is 4. The van der Waals surface area contributed by atoms with Crippen LogP contribution in [-0.2, 0) is 11.3 Å². The lowest BCUT2D eigenvalue weighted by Gasteiger charge is -2.11. The molecule has 1 amide bonds. The lowest BCUT2D eigenvalue weighted by atomic mass is 10.1. The van der Waals surface area contributed by atoms with Crippen molar-refractivity contribution in [3.8, 4) is 11.5 Å². The normalized spacial score (nSPS) is 11.8. The Labute approximate surface area is 189 Å². The fourth-order valence-corrected chi connectivity index (χ4v) is 2.48. The molecular weight excluding hydrogens is 483 g/mol. The zero-order chi connectivity index (χ0) is 20.5. The summed E-state index contributed by atoms with van der Waals surface area (Å²) in [6.07, 6.45) is 0.800. The van der Waals surface area contributed by atoms with Crippen LogP contribution >= 0.6 is 24.0 Å². The van der Waals surface area contributed by atoms with Crippen molar-refractivity contribution in [3.63, 3.8) is 0 Å². The van der Waals surface area contributed by atoms with Gasteiger partial charge in [-0.2, -0.15) is 0 Å². The molecular formula is C21H29IN4O3. The SMILES string of the molecule is CCC(C)C(=O)Nc1cccc(CN=C(N)Nc2ccc(OC)c(OC)c2)c1.I. The second-order valence-corrected chi connectivity index (χ2v) is 6.40. The molecule has 1 unspecified atom stereocenters. The number of halogens is 1. The van der Waals surface area contributed by atoms with Crippen LogP contribution < -0.4 is 25.8 Å². The number of guanidine groups is 1. The molecule has 0 saturated carbocycles. The van der Waals surface area contributed by atoms with E-state index in [4.69, 9.17) is 15.2 Å². The van der Waals surface area contributed by atoms with Crippen molar-refractivity contribution < 1.29 is 14.3 Å². The molecule has 1 atom stereocenters. The molecule has 29 heavy (non-hydrogen) atoms. The van der Waals surface area contributed by atoms with Gasteiger partial charge in [0.1, 0.15) is 0 Å². The monoisotopic (exact) mass is 512 g/mol. The van der Waals surface area contributed by atoms with Gasteiger partial charge in [-0.15, -0.1) is 24.0 Å². The number of nitrogens with two attached hydrogens (primary N) is 1. The van der Waals surface area contributed by atoms with E-state index in [1.807, 2.05) is 44.2 Å². The molecule has 0 aliphatic heterocycles. The van der Waals surface area contributed by atoms with Gasteiger partial charge >= 0.3 is 0 Å². The standard InChI is InChI=1S/C21H28N4O3.HI/c1-5-14(2)20(26)24-16-8-6-7-15(11-16)13-23-21(22)25-17-9-10-18(27-3)19(12-17)28-4;/h6-12,14H,5,13H2,1-4H3,(H,24,26)(H3,22,23,25);1H. The third kappa shape index (κ3) is 7.45. The first kappa shape index (κ1) is 24.5. The Hall–Kier alpha value is -2.49. The topological polar surface area (TPSA) is 98.0 Å². The number of methoxy groups -OCH3 is 2. The van der Waals surface area contributed by atoms with Crippen LogP contribution in [0.3, 0.4) is 0 Å². The van der Waals surface area contributed by atoms with Crippen molar-refractivity contribution in [3.05, 3.63) is 48.0 Å². The van der Waals surface area contributed by atoms with Crippen molar-refractivity contribution >= 4 is 47.2 Å². The number of anilines is 2. The molecule has 0 aliphatic rings. The molecule has 0 spiro atoms. The Morgan fingerprint density at radius 1 is 1.07 bits per heavy atom. The van der Waals surface area contributed by atoms with Gasteiger partial charge in [0, 0.05) is 23.4 Å². The third-order valence-corrected chi connectivity index (χ3v) is 4.34. The number of ether oxygens (including phenoxy) is 2. The highest BCUT2D eigenvalue weighted by Gasteiger charge is 2.10. The van der Waals surface area contributed by atoms with Gasteiger partial charge < -0.3 is 25.8 Å². The van der Waals surface area contributed by atoms with Crippen LogP contribution in [0.1, 0.15) is 25.8 Å². The molecule has 0 aromatic heterocycles. The molecule has 2 rings (SSSR count). The third-order valence-electron chi connectivity index (χ3n) is 4.34.